The van der Waals surface area contributed by atoms with Crippen molar-refractivity contribution < 1.29 is 15.0 Å². The molecule has 0 saturated heterocycles. The van der Waals surface area contributed by atoms with Crippen molar-refractivity contribution in [2.24, 2.45) is 0 Å². The molecule has 25 heavy (non-hydrogen) atoms. The Balaban J connectivity index is 1.94. The van der Waals surface area contributed by atoms with Crippen LogP contribution >= 0.6 is 22.9 Å². The molecule has 130 valence electrons. The lowest BCUT2D eigenvalue weighted by Gasteiger charge is -2.20. The highest BCUT2D eigenvalue weighted by atomic mass is 35.5. The summed E-state index contributed by atoms with van der Waals surface area (Å²) in [6.07, 6.45) is -0.940. The van der Waals surface area contributed by atoms with E-state index < -0.39 is 6.10 Å². The first-order chi connectivity index (χ1) is 12.0. The van der Waals surface area contributed by atoms with E-state index in [0.29, 0.717) is 5.56 Å². The van der Waals surface area contributed by atoms with Gasteiger partial charge in [0.15, 0.2) is 0 Å². The van der Waals surface area contributed by atoms with Gasteiger partial charge in [0.1, 0.15) is 0 Å². The molecule has 0 saturated carbocycles. The molecule has 3 rings (SSSR count). The molecule has 0 aliphatic carbocycles. The second-order valence-corrected chi connectivity index (χ2v) is 7.58. The van der Waals surface area contributed by atoms with Crippen LogP contribution in [0.4, 0.5) is 0 Å². The number of thiophene rings is 1. The molecule has 1 amide bonds. The number of aliphatic hydroxyl groups excluding tert-OH is 2. The number of fused-ring (bicyclic) bond motifs is 1. The molecule has 0 radical (unpaired) electrons. The maximum absolute atomic E-state index is 12.5. The summed E-state index contributed by atoms with van der Waals surface area (Å²) in [7, 11) is 1.61. The fourth-order valence-corrected chi connectivity index (χ4v) is 3.85. The summed E-state index contributed by atoms with van der Waals surface area (Å²) in [4.78, 5) is 15.0. The quantitative estimate of drug-likeness (QED) is 0.715. The molecule has 0 bridgehead atoms. The highest BCUT2D eigenvalue weighted by Crippen LogP contribution is 2.35. The molecule has 6 heteroatoms. The Labute approximate surface area is 154 Å². The molecule has 1 unspecified atom stereocenters. The molecule has 0 aliphatic rings. The van der Waals surface area contributed by atoms with Crippen LogP contribution in [-0.2, 0) is 0 Å². The van der Waals surface area contributed by atoms with Gasteiger partial charge in [-0.1, -0.05) is 35.9 Å². The summed E-state index contributed by atoms with van der Waals surface area (Å²) in [5.74, 6) is -0.195. The van der Waals surface area contributed by atoms with E-state index in [1.807, 2.05) is 42.5 Å². The van der Waals surface area contributed by atoms with Crippen molar-refractivity contribution in [1.29, 1.82) is 0 Å². The third kappa shape index (κ3) is 3.85. The maximum atomic E-state index is 12.5. The molecule has 3 aromatic rings. The molecule has 0 fully saturated rings. The molecule has 1 atom stereocenters. The van der Waals surface area contributed by atoms with Crippen LogP contribution in [0.25, 0.3) is 21.2 Å². The molecule has 0 aliphatic heterocycles. The van der Waals surface area contributed by atoms with Crippen LogP contribution < -0.4 is 0 Å². The number of carbonyl (C=O) groups excluding carboxylic acids is 1. The zero-order valence-electron chi connectivity index (χ0n) is 13.6. The number of aliphatic hydroxyl groups is 2. The van der Waals surface area contributed by atoms with Crippen LogP contribution in [0.5, 0.6) is 0 Å². The molecular weight excluding hydrogens is 358 g/mol. The first-order valence-electron chi connectivity index (χ1n) is 7.82. The van der Waals surface area contributed by atoms with Crippen LogP contribution in [0.2, 0.25) is 4.34 Å². The van der Waals surface area contributed by atoms with Crippen molar-refractivity contribution in [3.05, 3.63) is 58.4 Å². The van der Waals surface area contributed by atoms with Crippen LogP contribution in [0.15, 0.2) is 48.5 Å². The standard InChI is InChI=1S/C19H18ClNO3S/c1-21(10-14(23)11-22)19(24)13-5-6-15-12(9-13)3-2-4-16(15)17-7-8-18(20)25-17/h2-9,14,22-23H,10-11H2,1H3. The molecule has 1 aromatic heterocycles. The minimum absolute atomic E-state index is 0.0844. The summed E-state index contributed by atoms with van der Waals surface area (Å²) < 4.78 is 0.739. The van der Waals surface area contributed by atoms with Crippen LogP contribution in [0, 0.1) is 0 Å². The van der Waals surface area contributed by atoms with Gasteiger partial charge in [0.2, 0.25) is 0 Å². The third-order valence-corrected chi connectivity index (χ3v) is 5.27. The summed E-state index contributed by atoms with van der Waals surface area (Å²) in [6.45, 7) is -0.289. The molecular formula is C19H18ClNO3S. The minimum atomic E-state index is -0.940. The topological polar surface area (TPSA) is 60.8 Å². The predicted octanol–water partition coefficient (Wildman–Crippen LogP) is 3.65. The Kier molecular flexibility index (Phi) is 5.39. The Morgan fingerprint density at radius 2 is 2.04 bits per heavy atom. The van der Waals surface area contributed by atoms with E-state index in [0.717, 1.165) is 25.5 Å². The van der Waals surface area contributed by atoms with Gasteiger partial charge in [-0.2, -0.15) is 0 Å². The van der Waals surface area contributed by atoms with E-state index in [-0.39, 0.29) is 19.1 Å². The normalized spacial score (nSPS) is 12.3. The van der Waals surface area contributed by atoms with Crippen LogP contribution in [0.3, 0.4) is 0 Å². The number of hydrogen-bond acceptors (Lipinski definition) is 4. The number of likely N-dealkylation sites (N-methyl/N-ethyl adjacent to an activating group) is 1. The summed E-state index contributed by atoms with van der Waals surface area (Å²) >= 11 is 7.57. The van der Waals surface area contributed by atoms with Crippen molar-refractivity contribution in [3.8, 4) is 10.4 Å². The lowest BCUT2D eigenvalue weighted by molar-refractivity contribution is 0.0520. The summed E-state index contributed by atoms with van der Waals surface area (Å²) in [5, 5.41) is 20.4. The fourth-order valence-electron chi connectivity index (χ4n) is 2.77. The van der Waals surface area contributed by atoms with Gasteiger partial charge >= 0.3 is 0 Å². The number of benzene rings is 2. The van der Waals surface area contributed by atoms with E-state index in [1.165, 1.54) is 16.2 Å². The Bertz CT molecular complexity index is 909. The van der Waals surface area contributed by atoms with Crippen molar-refractivity contribution in [2.45, 2.75) is 6.10 Å². The van der Waals surface area contributed by atoms with Gasteiger partial charge in [-0.15, -0.1) is 11.3 Å². The molecule has 0 spiro atoms. The zero-order chi connectivity index (χ0) is 18.0. The second-order valence-electron chi connectivity index (χ2n) is 5.87. The van der Waals surface area contributed by atoms with Crippen LogP contribution in [-0.4, -0.2) is 47.3 Å². The average Bonchev–Trinajstić information content (AvgIpc) is 3.06. The monoisotopic (exact) mass is 375 g/mol. The average molecular weight is 376 g/mol. The number of nitrogens with zero attached hydrogens (tertiary/aromatic N) is 1. The van der Waals surface area contributed by atoms with Crippen molar-refractivity contribution in [1.82, 2.24) is 4.90 Å². The number of amides is 1. The lowest BCUT2D eigenvalue weighted by Crippen LogP contribution is -2.35. The highest BCUT2D eigenvalue weighted by molar-refractivity contribution is 7.19. The largest absolute Gasteiger partial charge is 0.394 e. The number of carbonyl (C=O) groups is 1. The van der Waals surface area contributed by atoms with E-state index in [2.05, 4.69) is 0 Å². The van der Waals surface area contributed by atoms with Crippen molar-refractivity contribution >= 4 is 39.6 Å². The third-order valence-electron chi connectivity index (χ3n) is 4.01. The van der Waals surface area contributed by atoms with Gasteiger partial charge in [-0.3, -0.25) is 4.79 Å². The summed E-state index contributed by atoms with van der Waals surface area (Å²) in [6, 6.07) is 15.4. The number of halogens is 1. The second kappa shape index (κ2) is 7.54. The molecule has 4 nitrogen and oxygen atoms in total. The van der Waals surface area contributed by atoms with E-state index in [4.69, 9.17) is 16.7 Å². The Morgan fingerprint density at radius 3 is 2.72 bits per heavy atom. The van der Waals surface area contributed by atoms with Gasteiger partial charge in [-0.25, -0.2) is 0 Å². The minimum Gasteiger partial charge on any atom is -0.394 e. The highest BCUT2D eigenvalue weighted by Gasteiger charge is 2.16. The van der Waals surface area contributed by atoms with Gasteiger partial charge in [0.05, 0.1) is 17.0 Å². The van der Waals surface area contributed by atoms with E-state index in [9.17, 15) is 9.90 Å². The fraction of sp³-hybridized carbons (Fsp3) is 0.211. The summed E-state index contributed by atoms with van der Waals surface area (Å²) in [5.41, 5.74) is 1.62. The maximum Gasteiger partial charge on any atom is 0.253 e. The van der Waals surface area contributed by atoms with Gasteiger partial charge in [-0.05, 0) is 40.6 Å². The number of hydrogen-bond donors (Lipinski definition) is 2. The first kappa shape index (κ1) is 17.9. The smallest absolute Gasteiger partial charge is 0.253 e. The first-order valence-corrected chi connectivity index (χ1v) is 9.02. The van der Waals surface area contributed by atoms with Gasteiger partial charge < -0.3 is 15.1 Å². The molecule has 2 N–H and O–H groups in total. The Hall–Kier alpha value is -1.92. The van der Waals surface area contributed by atoms with Crippen molar-refractivity contribution in [3.63, 3.8) is 0 Å². The number of rotatable bonds is 5. The zero-order valence-corrected chi connectivity index (χ0v) is 15.2. The Morgan fingerprint density at radius 1 is 1.24 bits per heavy atom. The van der Waals surface area contributed by atoms with Crippen molar-refractivity contribution in [2.75, 3.05) is 20.2 Å². The molecule has 2 aromatic carbocycles. The molecule has 1 heterocycles. The lowest BCUT2D eigenvalue weighted by atomic mass is 10.0. The SMILES string of the molecule is CN(CC(O)CO)C(=O)c1ccc2c(-c3ccc(Cl)s3)cccc2c1. The predicted molar refractivity (Wildman–Crippen MR) is 102 cm³/mol. The van der Waals surface area contributed by atoms with Gasteiger partial charge in [0, 0.05) is 24.0 Å². The van der Waals surface area contributed by atoms with E-state index >= 15 is 0 Å². The van der Waals surface area contributed by atoms with Crippen LogP contribution in [0.1, 0.15) is 10.4 Å². The van der Waals surface area contributed by atoms with Gasteiger partial charge in [0.25, 0.3) is 5.91 Å². The van der Waals surface area contributed by atoms with E-state index in [1.54, 1.807) is 13.1 Å².